The van der Waals surface area contributed by atoms with E-state index in [9.17, 15) is 14.0 Å². The van der Waals surface area contributed by atoms with Gasteiger partial charge in [0, 0.05) is 30.1 Å². The summed E-state index contributed by atoms with van der Waals surface area (Å²) in [5, 5.41) is 0. The van der Waals surface area contributed by atoms with Gasteiger partial charge in [-0.15, -0.1) is 0 Å². The molecule has 0 saturated carbocycles. The zero-order valence-electron chi connectivity index (χ0n) is 16.6. The number of nitrogens with one attached hydrogen (secondary N) is 1. The van der Waals surface area contributed by atoms with E-state index in [4.69, 9.17) is 4.74 Å². The summed E-state index contributed by atoms with van der Waals surface area (Å²) in [6.45, 7) is 7.45. The van der Waals surface area contributed by atoms with Crippen molar-refractivity contribution in [1.29, 1.82) is 0 Å². The molecule has 0 bridgehead atoms. The van der Waals surface area contributed by atoms with Crippen molar-refractivity contribution >= 4 is 5.91 Å². The summed E-state index contributed by atoms with van der Waals surface area (Å²) < 4.78 is 19.3. The largest absolute Gasteiger partial charge is 0.490 e. The fourth-order valence-electron chi connectivity index (χ4n) is 3.40. The number of piperidine rings is 1. The summed E-state index contributed by atoms with van der Waals surface area (Å²) in [7, 11) is 0. The predicted molar refractivity (Wildman–Crippen MR) is 106 cm³/mol. The second kappa shape index (κ2) is 8.17. The van der Waals surface area contributed by atoms with Crippen LogP contribution in [0.3, 0.4) is 0 Å². The Hall–Kier alpha value is -2.63. The molecule has 1 aromatic carbocycles. The summed E-state index contributed by atoms with van der Waals surface area (Å²) in [4.78, 5) is 29.8. The number of H-pyrrole nitrogens is 1. The van der Waals surface area contributed by atoms with E-state index in [1.807, 2.05) is 20.8 Å². The van der Waals surface area contributed by atoms with Gasteiger partial charge < -0.3 is 14.6 Å². The number of aromatic nitrogens is 1. The highest BCUT2D eigenvalue weighted by Crippen LogP contribution is 2.22. The zero-order chi connectivity index (χ0) is 20.3. The van der Waals surface area contributed by atoms with Crippen LogP contribution in [0.15, 0.2) is 41.2 Å². The Labute approximate surface area is 164 Å². The Balaban J connectivity index is 1.66. The number of hydrogen-bond donors (Lipinski definition) is 1. The van der Waals surface area contributed by atoms with Crippen molar-refractivity contribution in [1.82, 2.24) is 9.88 Å². The molecule has 2 aromatic rings. The lowest BCUT2D eigenvalue weighted by molar-refractivity contribution is 0.0629. The Morgan fingerprint density at radius 1 is 1.25 bits per heavy atom. The maximum absolute atomic E-state index is 13.7. The molecule has 1 aliphatic heterocycles. The van der Waals surface area contributed by atoms with Crippen LogP contribution in [0.5, 0.6) is 5.75 Å². The van der Waals surface area contributed by atoms with E-state index < -0.39 is 5.82 Å². The Morgan fingerprint density at radius 3 is 2.68 bits per heavy atom. The minimum atomic E-state index is -0.392. The van der Waals surface area contributed by atoms with Gasteiger partial charge in [-0.1, -0.05) is 32.9 Å². The van der Waals surface area contributed by atoms with Gasteiger partial charge in [0.2, 0.25) is 0 Å². The van der Waals surface area contributed by atoms with Crippen molar-refractivity contribution in [3.05, 3.63) is 63.8 Å². The third kappa shape index (κ3) is 4.61. The number of amides is 1. The molecule has 1 fully saturated rings. The van der Waals surface area contributed by atoms with Gasteiger partial charge in [-0.2, -0.15) is 0 Å². The van der Waals surface area contributed by atoms with Gasteiger partial charge in [0.15, 0.2) is 11.6 Å². The minimum Gasteiger partial charge on any atom is -0.490 e. The average molecular weight is 386 g/mol. The average Bonchev–Trinajstić information content (AvgIpc) is 2.66. The van der Waals surface area contributed by atoms with E-state index in [0.29, 0.717) is 19.7 Å². The highest BCUT2D eigenvalue weighted by Gasteiger charge is 2.27. The quantitative estimate of drug-likeness (QED) is 0.871. The van der Waals surface area contributed by atoms with E-state index in [1.54, 1.807) is 35.2 Å². The number of hydrogen-bond acceptors (Lipinski definition) is 3. The number of aromatic amines is 1. The molecule has 1 N–H and O–H groups in total. The lowest BCUT2D eigenvalue weighted by Crippen LogP contribution is -2.43. The third-order valence-corrected chi connectivity index (χ3v) is 5.07. The number of pyridine rings is 1. The molecule has 1 atom stereocenters. The maximum atomic E-state index is 13.7. The smallest absolute Gasteiger partial charge is 0.261 e. The SMILES string of the molecule is CC(C)(C)c1ccc(C(=O)N2CCCC(COc3ccccc3F)C2)c(=O)[nH]1. The Kier molecular flexibility index (Phi) is 5.87. The maximum Gasteiger partial charge on any atom is 0.261 e. The number of likely N-dealkylation sites (tertiary alicyclic amines) is 1. The molecule has 1 saturated heterocycles. The molecular weight excluding hydrogens is 359 g/mol. The summed E-state index contributed by atoms with van der Waals surface area (Å²) in [6, 6.07) is 9.71. The van der Waals surface area contributed by atoms with Crippen molar-refractivity contribution in [3.8, 4) is 5.75 Å². The first-order valence-electron chi connectivity index (χ1n) is 9.66. The monoisotopic (exact) mass is 386 g/mol. The molecule has 0 spiro atoms. The fraction of sp³-hybridized carbons (Fsp3) is 0.455. The van der Waals surface area contributed by atoms with Crippen molar-refractivity contribution in [3.63, 3.8) is 0 Å². The number of nitrogens with zero attached hydrogens (tertiary/aromatic N) is 1. The summed E-state index contributed by atoms with van der Waals surface area (Å²) in [6.07, 6.45) is 1.73. The number of ether oxygens (including phenoxy) is 1. The van der Waals surface area contributed by atoms with E-state index in [2.05, 4.69) is 4.98 Å². The number of para-hydroxylation sites is 1. The second-order valence-electron chi connectivity index (χ2n) is 8.37. The van der Waals surface area contributed by atoms with Crippen molar-refractivity contribution in [2.24, 2.45) is 5.92 Å². The van der Waals surface area contributed by atoms with Crippen LogP contribution in [0.1, 0.15) is 49.7 Å². The molecule has 5 nitrogen and oxygen atoms in total. The van der Waals surface area contributed by atoms with Gasteiger partial charge in [-0.05, 0) is 37.1 Å². The van der Waals surface area contributed by atoms with Gasteiger partial charge in [0.25, 0.3) is 11.5 Å². The molecule has 1 unspecified atom stereocenters. The zero-order valence-corrected chi connectivity index (χ0v) is 16.6. The number of rotatable bonds is 4. The number of benzene rings is 1. The van der Waals surface area contributed by atoms with Crippen LogP contribution in [-0.4, -0.2) is 35.5 Å². The van der Waals surface area contributed by atoms with Crippen LogP contribution in [-0.2, 0) is 5.41 Å². The highest BCUT2D eigenvalue weighted by atomic mass is 19.1. The van der Waals surface area contributed by atoms with Crippen LogP contribution in [0.25, 0.3) is 0 Å². The minimum absolute atomic E-state index is 0.102. The van der Waals surface area contributed by atoms with Crippen molar-refractivity contribution < 1.29 is 13.9 Å². The molecule has 0 aliphatic carbocycles. The molecule has 150 valence electrons. The first kappa shape index (κ1) is 20.1. The van der Waals surface area contributed by atoms with E-state index >= 15 is 0 Å². The topological polar surface area (TPSA) is 62.4 Å². The lowest BCUT2D eigenvalue weighted by Gasteiger charge is -2.32. The number of carbonyl (C=O) groups is 1. The van der Waals surface area contributed by atoms with E-state index in [1.165, 1.54) is 6.07 Å². The van der Waals surface area contributed by atoms with Gasteiger partial charge in [0.05, 0.1) is 6.61 Å². The van der Waals surface area contributed by atoms with Crippen LogP contribution >= 0.6 is 0 Å². The molecule has 6 heteroatoms. The second-order valence-corrected chi connectivity index (χ2v) is 8.37. The molecule has 1 amide bonds. The molecule has 0 radical (unpaired) electrons. The first-order valence-corrected chi connectivity index (χ1v) is 9.66. The van der Waals surface area contributed by atoms with Gasteiger partial charge in [-0.25, -0.2) is 4.39 Å². The molecule has 1 aromatic heterocycles. The van der Waals surface area contributed by atoms with Crippen LogP contribution in [0, 0.1) is 11.7 Å². The molecular formula is C22H27FN2O3. The number of halogens is 1. The summed E-state index contributed by atoms with van der Waals surface area (Å²) >= 11 is 0. The Bertz CT molecular complexity index is 901. The van der Waals surface area contributed by atoms with Gasteiger partial charge in [0.1, 0.15) is 5.56 Å². The Morgan fingerprint density at radius 2 is 2.00 bits per heavy atom. The molecule has 2 heterocycles. The molecule has 1 aliphatic rings. The van der Waals surface area contributed by atoms with Crippen LogP contribution in [0.2, 0.25) is 0 Å². The standard InChI is InChI=1S/C22H27FN2O3/c1-22(2,3)19-11-10-16(20(26)24-19)21(27)25-12-6-7-15(13-25)14-28-18-9-5-4-8-17(18)23/h4-5,8-11,15H,6-7,12-14H2,1-3H3,(H,24,26). The van der Waals surface area contributed by atoms with Crippen molar-refractivity contribution in [2.75, 3.05) is 19.7 Å². The van der Waals surface area contributed by atoms with Crippen molar-refractivity contribution in [2.45, 2.75) is 39.0 Å². The van der Waals surface area contributed by atoms with E-state index in [-0.39, 0.29) is 34.1 Å². The molecule has 3 rings (SSSR count). The van der Waals surface area contributed by atoms with Crippen LogP contribution in [0.4, 0.5) is 4.39 Å². The van der Waals surface area contributed by atoms with Crippen LogP contribution < -0.4 is 10.3 Å². The predicted octanol–water partition coefficient (Wildman–Crippen LogP) is 3.74. The van der Waals surface area contributed by atoms with Gasteiger partial charge >= 0.3 is 0 Å². The normalized spacial score (nSPS) is 17.4. The lowest BCUT2D eigenvalue weighted by atomic mass is 9.91. The fourth-order valence-corrected chi connectivity index (χ4v) is 3.40. The van der Waals surface area contributed by atoms with Gasteiger partial charge in [-0.3, -0.25) is 9.59 Å². The summed E-state index contributed by atoms with van der Waals surface area (Å²) in [5.74, 6) is -0.334. The highest BCUT2D eigenvalue weighted by molar-refractivity contribution is 5.93. The molecule has 28 heavy (non-hydrogen) atoms. The summed E-state index contributed by atoms with van der Waals surface area (Å²) in [5.41, 5.74) is 0.399. The third-order valence-electron chi connectivity index (χ3n) is 5.07. The number of carbonyl (C=O) groups excluding carboxylic acids is 1. The van der Waals surface area contributed by atoms with E-state index in [0.717, 1.165) is 18.5 Å². The first-order chi connectivity index (χ1) is 13.3.